The molecule has 1 aliphatic heterocycles. The molecule has 35 heavy (non-hydrogen) atoms. The number of benzene rings is 3. The van der Waals surface area contributed by atoms with Crippen LogP contribution in [0.15, 0.2) is 71.6 Å². The summed E-state index contributed by atoms with van der Waals surface area (Å²) in [6, 6.07) is 19.6. The Kier molecular flexibility index (Phi) is 7.73. The Labute approximate surface area is 207 Å². The highest BCUT2D eigenvalue weighted by Crippen LogP contribution is 2.27. The van der Waals surface area contributed by atoms with E-state index in [0.717, 1.165) is 30.8 Å². The fourth-order valence-electron chi connectivity index (χ4n) is 4.11. The molecular formula is C27H31N3O4S. The molecule has 0 radical (unpaired) electrons. The van der Waals surface area contributed by atoms with Gasteiger partial charge in [0, 0.05) is 24.3 Å². The zero-order valence-electron chi connectivity index (χ0n) is 20.1. The molecule has 0 atom stereocenters. The number of rotatable bonds is 9. The molecule has 1 heterocycles. The minimum absolute atomic E-state index is 0.0977. The van der Waals surface area contributed by atoms with E-state index in [2.05, 4.69) is 27.1 Å². The summed E-state index contributed by atoms with van der Waals surface area (Å²) >= 11 is 0. The number of likely N-dealkylation sites (tertiary alicyclic amines) is 1. The third-order valence-corrected chi connectivity index (χ3v) is 7.50. The van der Waals surface area contributed by atoms with E-state index < -0.39 is 10.0 Å². The van der Waals surface area contributed by atoms with Crippen LogP contribution >= 0.6 is 0 Å². The molecule has 0 aliphatic carbocycles. The lowest BCUT2D eigenvalue weighted by atomic mass is 10.1. The van der Waals surface area contributed by atoms with E-state index in [-0.39, 0.29) is 22.1 Å². The van der Waals surface area contributed by atoms with Gasteiger partial charge in [-0.15, -0.1) is 0 Å². The number of anilines is 1. The molecule has 0 spiro atoms. The molecule has 0 bridgehead atoms. The molecule has 3 aromatic rings. The molecule has 8 heteroatoms. The Bertz CT molecular complexity index is 1270. The lowest BCUT2D eigenvalue weighted by molar-refractivity contribution is 0.0950. The smallest absolute Gasteiger partial charge is 0.265 e. The van der Waals surface area contributed by atoms with E-state index in [4.69, 9.17) is 4.74 Å². The predicted octanol–water partition coefficient (Wildman–Crippen LogP) is 4.33. The Morgan fingerprint density at radius 2 is 1.60 bits per heavy atom. The van der Waals surface area contributed by atoms with Crippen LogP contribution in [0, 0.1) is 6.92 Å². The number of sulfonamides is 1. The number of ether oxygens (including phenoxy) is 1. The van der Waals surface area contributed by atoms with Crippen LogP contribution in [0.3, 0.4) is 0 Å². The van der Waals surface area contributed by atoms with Crippen molar-refractivity contribution in [3.05, 3.63) is 89.0 Å². The summed E-state index contributed by atoms with van der Waals surface area (Å²) in [6.07, 6.45) is 2.53. The summed E-state index contributed by atoms with van der Waals surface area (Å²) in [7, 11) is -2.57. The Morgan fingerprint density at radius 3 is 2.26 bits per heavy atom. The van der Waals surface area contributed by atoms with Crippen molar-refractivity contribution >= 4 is 21.6 Å². The van der Waals surface area contributed by atoms with Gasteiger partial charge >= 0.3 is 0 Å². The van der Waals surface area contributed by atoms with Gasteiger partial charge in [0.05, 0.1) is 7.11 Å². The molecule has 1 amide bonds. The molecule has 184 valence electrons. The molecule has 4 rings (SSSR count). The summed E-state index contributed by atoms with van der Waals surface area (Å²) in [5.74, 6) is -0.199. The van der Waals surface area contributed by atoms with Gasteiger partial charge in [0.1, 0.15) is 10.6 Å². The Hall–Kier alpha value is -3.36. The van der Waals surface area contributed by atoms with Crippen molar-refractivity contribution in [2.75, 3.05) is 24.9 Å². The summed E-state index contributed by atoms with van der Waals surface area (Å²) < 4.78 is 33.9. The van der Waals surface area contributed by atoms with Crippen LogP contribution in [0.25, 0.3) is 0 Å². The van der Waals surface area contributed by atoms with Crippen LogP contribution in [-0.2, 0) is 23.1 Å². The van der Waals surface area contributed by atoms with Crippen molar-refractivity contribution in [3.63, 3.8) is 0 Å². The zero-order valence-corrected chi connectivity index (χ0v) is 20.9. The summed E-state index contributed by atoms with van der Waals surface area (Å²) in [6.45, 7) is 5.52. The molecule has 0 aromatic heterocycles. The second kappa shape index (κ2) is 10.9. The number of carbonyl (C=O) groups excluding carboxylic acids is 1. The van der Waals surface area contributed by atoms with Crippen molar-refractivity contribution in [3.8, 4) is 5.75 Å². The van der Waals surface area contributed by atoms with Crippen LogP contribution in [0.5, 0.6) is 5.75 Å². The molecular weight excluding hydrogens is 462 g/mol. The first-order valence-corrected chi connectivity index (χ1v) is 13.2. The van der Waals surface area contributed by atoms with Crippen molar-refractivity contribution in [2.45, 2.75) is 37.8 Å². The first-order chi connectivity index (χ1) is 16.8. The maximum Gasteiger partial charge on any atom is 0.265 e. The third kappa shape index (κ3) is 6.41. The Morgan fingerprint density at radius 1 is 0.943 bits per heavy atom. The highest BCUT2D eigenvalue weighted by Gasteiger charge is 2.22. The molecule has 1 fully saturated rings. The largest absolute Gasteiger partial charge is 0.495 e. The molecule has 0 saturated carbocycles. The van der Waals surface area contributed by atoms with E-state index in [1.54, 1.807) is 18.2 Å². The second-order valence-corrected chi connectivity index (χ2v) is 10.5. The van der Waals surface area contributed by atoms with E-state index in [1.807, 2.05) is 31.2 Å². The average Bonchev–Trinajstić information content (AvgIpc) is 3.37. The van der Waals surface area contributed by atoms with Crippen LogP contribution in [-0.4, -0.2) is 39.4 Å². The number of carbonyl (C=O) groups is 1. The Balaban J connectivity index is 1.43. The highest BCUT2D eigenvalue weighted by atomic mass is 32.2. The lowest BCUT2D eigenvalue weighted by Gasteiger charge is -2.15. The van der Waals surface area contributed by atoms with Gasteiger partial charge in [0.15, 0.2) is 0 Å². The molecule has 1 aliphatic rings. The van der Waals surface area contributed by atoms with Gasteiger partial charge in [0.25, 0.3) is 15.9 Å². The maximum atomic E-state index is 13.0. The van der Waals surface area contributed by atoms with Crippen molar-refractivity contribution < 1.29 is 17.9 Å². The van der Waals surface area contributed by atoms with Gasteiger partial charge in [-0.05, 0) is 74.3 Å². The standard InChI is InChI=1S/C27H31N3O4S/c1-20-5-12-24(13-6-20)29-35(32,33)26-17-23(11-14-25(26)34-2)27(31)28-18-21-7-9-22(10-8-21)19-30-15-3-4-16-30/h5-14,17,29H,3-4,15-16,18-19H2,1-2H3,(H,28,31). The van der Waals surface area contributed by atoms with Gasteiger partial charge in [0.2, 0.25) is 0 Å². The topological polar surface area (TPSA) is 87.7 Å². The SMILES string of the molecule is COc1ccc(C(=O)NCc2ccc(CN3CCCC3)cc2)cc1S(=O)(=O)Nc1ccc(C)cc1. The molecule has 0 unspecified atom stereocenters. The normalized spacial score (nSPS) is 14.0. The van der Waals surface area contributed by atoms with Crippen LogP contribution in [0.1, 0.15) is 39.9 Å². The zero-order chi connectivity index (χ0) is 24.8. The number of hydrogen-bond acceptors (Lipinski definition) is 5. The van der Waals surface area contributed by atoms with Gasteiger partial charge in [-0.3, -0.25) is 14.4 Å². The minimum atomic E-state index is -3.97. The predicted molar refractivity (Wildman–Crippen MR) is 137 cm³/mol. The number of amides is 1. The monoisotopic (exact) mass is 493 g/mol. The van der Waals surface area contributed by atoms with Crippen molar-refractivity contribution in [2.24, 2.45) is 0 Å². The third-order valence-electron chi connectivity index (χ3n) is 6.10. The quantitative estimate of drug-likeness (QED) is 0.463. The summed E-state index contributed by atoms with van der Waals surface area (Å²) in [5, 5.41) is 2.87. The van der Waals surface area contributed by atoms with E-state index in [0.29, 0.717) is 12.2 Å². The summed E-state index contributed by atoms with van der Waals surface area (Å²) in [5.41, 5.74) is 3.92. The van der Waals surface area contributed by atoms with Gasteiger partial charge in [-0.25, -0.2) is 8.42 Å². The fourth-order valence-corrected chi connectivity index (χ4v) is 5.36. The van der Waals surface area contributed by atoms with E-state index >= 15 is 0 Å². The molecule has 2 N–H and O–H groups in total. The maximum absolute atomic E-state index is 13.0. The first kappa shape index (κ1) is 24.8. The van der Waals surface area contributed by atoms with Gasteiger partial charge in [-0.1, -0.05) is 42.0 Å². The number of nitrogens with one attached hydrogen (secondary N) is 2. The van der Waals surface area contributed by atoms with Crippen LogP contribution < -0.4 is 14.8 Å². The second-order valence-electron chi connectivity index (χ2n) is 8.82. The molecule has 7 nitrogen and oxygen atoms in total. The van der Waals surface area contributed by atoms with Crippen molar-refractivity contribution in [1.29, 1.82) is 0 Å². The van der Waals surface area contributed by atoms with Crippen LogP contribution in [0.2, 0.25) is 0 Å². The molecule has 3 aromatic carbocycles. The van der Waals surface area contributed by atoms with Gasteiger partial charge < -0.3 is 10.1 Å². The van der Waals surface area contributed by atoms with Crippen LogP contribution in [0.4, 0.5) is 5.69 Å². The molecule has 1 saturated heterocycles. The summed E-state index contributed by atoms with van der Waals surface area (Å²) in [4.78, 5) is 15.2. The van der Waals surface area contributed by atoms with Gasteiger partial charge in [-0.2, -0.15) is 0 Å². The first-order valence-electron chi connectivity index (χ1n) is 11.7. The number of methoxy groups -OCH3 is 1. The van der Waals surface area contributed by atoms with Crippen molar-refractivity contribution in [1.82, 2.24) is 10.2 Å². The van der Waals surface area contributed by atoms with E-state index in [9.17, 15) is 13.2 Å². The number of aryl methyl sites for hydroxylation is 1. The average molecular weight is 494 g/mol. The van der Waals surface area contributed by atoms with E-state index in [1.165, 1.54) is 37.6 Å². The lowest BCUT2D eigenvalue weighted by Crippen LogP contribution is -2.23. The fraction of sp³-hybridized carbons (Fsp3) is 0.296. The highest BCUT2D eigenvalue weighted by molar-refractivity contribution is 7.92. The minimum Gasteiger partial charge on any atom is -0.495 e. The number of hydrogen-bond donors (Lipinski definition) is 2. The number of nitrogens with zero attached hydrogens (tertiary/aromatic N) is 1.